The summed E-state index contributed by atoms with van der Waals surface area (Å²) in [5, 5.41) is 11.8. The highest BCUT2D eigenvalue weighted by Gasteiger charge is 2.45. The fourth-order valence-corrected chi connectivity index (χ4v) is 4.86. The second-order valence-electron chi connectivity index (χ2n) is 8.71. The van der Waals surface area contributed by atoms with Crippen LogP contribution in [0.2, 0.25) is 5.02 Å². The molecule has 0 radical (unpaired) electrons. The van der Waals surface area contributed by atoms with Crippen LogP contribution in [0.25, 0.3) is 5.76 Å². The van der Waals surface area contributed by atoms with Crippen LogP contribution in [0.4, 0.5) is 0 Å². The summed E-state index contributed by atoms with van der Waals surface area (Å²) in [5.41, 5.74) is 1.15. The summed E-state index contributed by atoms with van der Waals surface area (Å²) in [7, 11) is 0. The molecule has 0 spiro atoms. The molecule has 8 nitrogen and oxygen atoms in total. The molecule has 0 bridgehead atoms. The lowest BCUT2D eigenvalue weighted by atomic mass is 9.95. The summed E-state index contributed by atoms with van der Waals surface area (Å²) in [4.78, 5) is 30.2. The third kappa shape index (κ3) is 4.87. The molecule has 3 aliphatic heterocycles. The van der Waals surface area contributed by atoms with Gasteiger partial charge in [-0.25, -0.2) is 0 Å². The Morgan fingerprint density at radius 1 is 0.943 bits per heavy atom. The van der Waals surface area contributed by atoms with Crippen molar-refractivity contribution in [3.63, 3.8) is 0 Å². The number of Topliss-reactive ketones (excluding diaryl/α,β-unsaturated/α-hetero) is 1. The highest BCUT2D eigenvalue weighted by molar-refractivity contribution is 6.46. The number of carbonyl (C=O) groups is 2. The molecule has 2 aromatic rings. The summed E-state index contributed by atoms with van der Waals surface area (Å²) in [6.07, 6.45) is 0.696. The molecule has 3 heterocycles. The number of likely N-dealkylation sites (tertiary alicyclic amines) is 1. The van der Waals surface area contributed by atoms with Gasteiger partial charge in [-0.3, -0.25) is 14.5 Å². The standard InChI is InChI=1S/C26H27ClN2O6/c27-19-5-2-17(3-6-19)23-22(24(30)18-4-7-20-21(16-18)35-15-14-34-20)25(31)26(32)29(23)9-1-8-28-10-12-33-13-11-28/h2-7,16,23,30H,1,8-15H2/t23-/m1/s1. The summed E-state index contributed by atoms with van der Waals surface area (Å²) < 4.78 is 16.6. The van der Waals surface area contributed by atoms with E-state index in [9.17, 15) is 14.7 Å². The van der Waals surface area contributed by atoms with Gasteiger partial charge in [0.05, 0.1) is 24.8 Å². The number of halogens is 1. The fraction of sp³-hybridized carbons (Fsp3) is 0.385. The number of nitrogens with zero attached hydrogens (tertiary/aromatic N) is 2. The molecule has 1 amide bonds. The number of morpholine rings is 1. The highest BCUT2D eigenvalue weighted by atomic mass is 35.5. The van der Waals surface area contributed by atoms with Gasteiger partial charge < -0.3 is 24.2 Å². The van der Waals surface area contributed by atoms with Gasteiger partial charge in [-0.2, -0.15) is 0 Å². The Hall–Kier alpha value is -3.07. The Kier molecular flexibility index (Phi) is 6.95. The number of benzene rings is 2. The predicted molar refractivity (Wildman–Crippen MR) is 130 cm³/mol. The van der Waals surface area contributed by atoms with Crippen LogP contribution in [0.5, 0.6) is 11.5 Å². The molecule has 2 aromatic carbocycles. The number of carbonyl (C=O) groups excluding carboxylic acids is 2. The van der Waals surface area contributed by atoms with Gasteiger partial charge in [0.1, 0.15) is 19.0 Å². The van der Waals surface area contributed by atoms with Crippen LogP contribution in [0.15, 0.2) is 48.0 Å². The second-order valence-corrected chi connectivity index (χ2v) is 9.15. The van der Waals surface area contributed by atoms with Crippen molar-refractivity contribution in [2.45, 2.75) is 12.5 Å². The monoisotopic (exact) mass is 498 g/mol. The third-order valence-electron chi connectivity index (χ3n) is 6.52. The van der Waals surface area contributed by atoms with Crippen molar-refractivity contribution in [1.29, 1.82) is 0 Å². The predicted octanol–water partition coefficient (Wildman–Crippen LogP) is 3.26. The summed E-state index contributed by atoms with van der Waals surface area (Å²) in [6, 6.07) is 11.3. The van der Waals surface area contributed by atoms with Crippen LogP contribution in [0.1, 0.15) is 23.6 Å². The molecule has 5 rings (SSSR count). The maximum atomic E-state index is 13.2. The fourth-order valence-electron chi connectivity index (χ4n) is 4.74. The van der Waals surface area contributed by atoms with E-state index >= 15 is 0 Å². The molecular weight excluding hydrogens is 472 g/mol. The van der Waals surface area contributed by atoms with Gasteiger partial charge in [-0.05, 0) is 42.3 Å². The molecule has 2 fully saturated rings. The number of aliphatic hydroxyl groups is 1. The smallest absolute Gasteiger partial charge is 0.295 e. The number of aliphatic hydroxyl groups excluding tert-OH is 1. The van der Waals surface area contributed by atoms with E-state index in [1.54, 1.807) is 47.4 Å². The molecule has 9 heteroatoms. The first-order valence-electron chi connectivity index (χ1n) is 11.8. The lowest BCUT2D eigenvalue weighted by Gasteiger charge is -2.29. The van der Waals surface area contributed by atoms with Crippen molar-refractivity contribution in [2.75, 3.05) is 52.6 Å². The van der Waals surface area contributed by atoms with Crippen LogP contribution in [0, 0.1) is 0 Å². The minimum Gasteiger partial charge on any atom is -0.507 e. The van der Waals surface area contributed by atoms with E-state index in [-0.39, 0.29) is 11.3 Å². The zero-order valence-electron chi connectivity index (χ0n) is 19.2. The van der Waals surface area contributed by atoms with E-state index in [2.05, 4.69) is 4.90 Å². The van der Waals surface area contributed by atoms with Crippen molar-refractivity contribution in [3.05, 3.63) is 64.2 Å². The summed E-state index contributed by atoms with van der Waals surface area (Å²) in [6.45, 7) is 5.12. The number of fused-ring (bicyclic) bond motifs is 1. The maximum absolute atomic E-state index is 13.2. The van der Waals surface area contributed by atoms with Crippen LogP contribution >= 0.6 is 11.6 Å². The van der Waals surface area contributed by atoms with Crippen LogP contribution in [0.3, 0.4) is 0 Å². The number of hydrogen-bond donors (Lipinski definition) is 1. The lowest BCUT2D eigenvalue weighted by molar-refractivity contribution is -0.140. The Morgan fingerprint density at radius 3 is 2.40 bits per heavy atom. The zero-order chi connectivity index (χ0) is 24.4. The van der Waals surface area contributed by atoms with Crippen LogP contribution in [-0.2, 0) is 14.3 Å². The molecule has 35 heavy (non-hydrogen) atoms. The van der Waals surface area contributed by atoms with Gasteiger partial charge in [0.25, 0.3) is 11.7 Å². The molecular formula is C26H27ClN2O6. The Balaban J connectivity index is 1.48. The largest absolute Gasteiger partial charge is 0.507 e. The number of amides is 1. The van der Waals surface area contributed by atoms with Gasteiger partial charge in [0, 0.05) is 36.8 Å². The number of ketones is 1. The molecule has 0 aliphatic carbocycles. The van der Waals surface area contributed by atoms with Crippen LogP contribution < -0.4 is 9.47 Å². The van der Waals surface area contributed by atoms with E-state index in [0.717, 1.165) is 19.6 Å². The first-order chi connectivity index (χ1) is 17.0. The van der Waals surface area contributed by atoms with Crippen molar-refractivity contribution < 1.29 is 28.9 Å². The van der Waals surface area contributed by atoms with Gasteiger partial charge in [-0.1, -0.05) is 23.7 Å². The Morgan fingerprint density at radius 2 is 1.66 bits per heavy atom. The van der Waals surface area contributed by atoms with E-state index in [1.807, 2.05) is 0 Å². The second kappa shape index (κ2) is 10.3. The first kappa shape index (κ1) is 23.7. The van der Waals surface area contributed by atoms with Crippen molar-refractivity contribution >= 4 is 29.1 Å². The molecule has 3 aliphatic rings. The van der Waals surface area contributed by atoms with E-state index in [4.69, 9.17) is 25.8 Å². The third-order valence-corrected chi connectivity index (χ3v) is 6.77. The van der Waals surface area contributed by atoms with E-state index < -0.39 is 17.7 Å². The molecule has 184 valence electrons. The number of ether oxygens (including phenoxy) is 3. The SMILES string of the molecule is O=C1C(=O)N(CCCN2CCOCC2)[C@H](c2ccc(Cl)cc2)C1=C(O)c1ccc2c(c1)OCCO2. The van der Waals surface area contributed by atoms with Crippen LogP contribution in [-0.4, -0.2) is 79.2 Å². The van der Waals surface area contributed by atoms with E-state index in [0.29, 0.717) is 67.0 Å². The zero-order valence-corrected chi connectivity index (χ0v) is 20.0. The summed E-state index contributed by atoms with van der Waals surface area (Å²) in [5.74, 6) is -0.501. The quantitative estimate of drug-likeness (QED) is 0.371. The van der Waals surface area contributed by atoms with Crippen molar-refractivity contribution in [1.82, 2.24) is 9.80 Å². The van der Waals surface area contributed by atoms with E-state index in [1.165, 1.54) is 0 Å². The lowest BCUT2D eigenvalue weighted by Crippen LogP contribution is -2.38. The van der Waals surface area contributed by atoms with Gasteiger partial charge in [-0.15, -0.1) is 0 Å². The normalized spacial score (nSPS) is 22.0. The van der Waals surface area contributed by atoms with Gasteiger partial charge in [0.15, 0.2) is 11.5 Å². The molecule has 0 unspecified atom stereocenters. The molecule has 0 aromatic heterocycles. The van der Waals surface area contributed by atoms with Crippen molar-refractivity contribution in [2.24, 2.45) is 0 Å². The van der Waals surface area contributed by atoms with Gasteiger partial charge >= 0.3 is 0 Å². The number of hydrogen-bond acceptors (Lipinski definition) is 7. The molecule has 2 saturated heterocycles. The Labute approximate surface area is 208 Å². The Bertz CT molecular complexity index is 1140. The average Bonchev–Trinajstić information content (AvgIpc) is 3.14. The molecule has 0 saturated carbocycles. The topological polar surface area (TPSA) is 88.5 Å². The first-order valence-corrected chi connectivity index (χ1v) is 12.1. The minimum atomic E-state index is -0.717. The minimum absolute atomic E-state index is 0.0559. The average molecular weight is 499 g/mol. The number of rotatable bonds is 6. The van der Waals surface area contributed by atoms with Gasteiger partial charge in [0.2, 0.25) is 0 Å². The highest BCUT2D eigenvalue weighted by Crippen LogP contribution is 2.41. The molecule has 1 N–H and O–H groups in total. The maximum Gasteiger partial charge on any atom is 0.295 e. The van der Waals surface area contributed by atoms with Crippen molar-refractivity contribution in [3.8, 4) is 11.5 Å². The molecule has 1 atom stereocenters. The summed E-state index contributed by atoms with van der Waals surface area (Å²) >= 11 is 6.09.